The van der Waals surface area contributed by atoms with Gasteiger partial charge in [-0.3, -0.25) is 4.79 Å². The molecule has 3 rings (SSSR count). The molecule has 0 atom stereocenters. The maximum Gasteiger partial charge on any atom is 0.255 e. The first-order valence-electron chi connectivity index (χ1n) is 8.78. The van der Waals surface area contributed by atoms with Gasteiger partial charge < -0.3 is 15.0 Å². The number of hydrogen-bond donors (Lipinski definition) is 1. The normalized spacial score (nSPS) is 14.9. The van der Waals surface area contributed by atoms with Crippen LogP contribution in [0.15, 0.2) is 30.3 Å². The summed E-state index contributed by atoms with van der Waals surface area (Å²) in [5.41, 5.74) is 1.95. The number of rotatable bonds is 4. The lowest BCUT2D eigenvalue weighted by molar-refractivity contribution is 0.102. The first-order valence-corrected chi connectivity index (χ1v) is 9.91. The monoisotopic (exact) mass is 426 g/mol. The molecular formula is C20H21Cl3N2O2. The molecule has 0 spiro atoms. The van der Waals surface area contributed by atoms with E-state index in [0.717, 1.165) is 37.5 Å². The van der Waals surface area contributed by atoms with Crippen LogP contribution < -0.4 is 15.0 Å². The highest BCUT2D eigenvalue weighted by molar-refractivity contribution is 6.38. The summed E-state index contributed by atoms with van der Waals surface area (Å²) >= 11 is 18.7. The molecule has 27 heavy (non-hydrogen) atoms. The molecule has 1 aliphatic rings. The summed E-state index contributed by atoms with van der Waals surface area (Å²) in [6.45, 7) is 4.26. The van der Waals surface area contributed by atoms with Crippen molar-refractivity contribution in [2.45, 2.75) is 19.8 Å². The fraction of sp³-hybridized carbons (Fsp3) is 0.350. The minimum absolute atomic E-state index is 0.280. The third-order valence-corrected chi connectivity index (χ3v) is 5.66. The van der Waals surface area contributed by atoms with Crippen molar-refractivity contribution in [1.29, 1.82) is 0 Å². The molecule has 1 aliphatic heterocycles. The number of amides is 1. The van der Waals surface area contributed by atoms with Crippen molar-refractivity contribution in [1.82, 2.24) is 0 Å². The average Bonchev–Trinajstić information content (AvgIpc) is 2.62. The zero-order valence-electron chi connectivity index (χ0n) is 15.2. The lowest BCUT2D eigenvalue weighted by Gasteiger charge is -2.32. The van der Waals surface area contributed by atoms with Gasteiger partial charge in [-0.1, -0.05) is 41.7 Å². The van der Waals surface area contributed by atoms with E-state index in [2.05, 4.69) is 17.1 Å². The number of anilines is 2. The molecule has 0 radical (unpaired) electrons. The molecule has 1 fully saturated rings. The minimum Gasteiger partial charge on any atom is -0.494 e. The third-order valence-electron chi connectivity index (χ3n) is 4.79. The first kappa shape index (κ1) is 20.1. The standard InChI is InChI=1S/C20H21Cl3N2O2/c1-12-5-7-25(8-6-12)18-4-3-14(11-15(18)21)24-20(26)13-9-16(22)19(27-2)17(23)10-13/h3-4,9-12H,5-8H2,1-2H3,(H,24,26). The number of nitrogens with zero attached hydrogens (tertiary/aromatic N) is 1. The Hall–Kier alpha value is -1.62. The topological polar surface area (TPSA) is 41.6 Å². The van der Waals surface area contributed by atoms with Crippen LogP contribution in [0.3, 0.4) is 0 Å². The maximum absolute atomic E-state index is 12.5. The molecule has 0 aliphatic carbocycles. The number of halogens is 3. The van der Waals surface area contributed by atoms with Crippen molar-refractivity contribution in [3.63, 3.8) is 0 Å². The minimum atomic E-state index is -0.322. The zero-order valence-corrected chi connectivity index (χ0v) is 17.5. The van der Waals surface area contributed by atoms with E-state index in [0.29, 0.717) is 22.0 Å². The summed E-state index contributed by atoms with van der Waals surface area (Å²) in [6, 6.07) is 8.60. The van der Waals surface area contributed by atoms with E-state index in [4.69, 9.17) is 39.5 Å². The van der Waals surface area contributed by atoms with E-state index in [9.17, 15) is 4.79 Å². The molecular weight excluding hydrogens is 407 g/mol. The summed E-state index contributed by atoms with van der Waals surface area (Å²) in [7, 11) is 1.47. The highest BCUT2D eigenvalue weighted by Crippen LogP contribution is 2.35. The largest absolute Gasteiger partial charge is 0.494 e. The van der Waals surface area contributed by atoms with Crippen molar-refractivity contribution in [2.75, 3.05) is 30.4 Å². The predicted molar refractivity (Wildman–Crippen MR) is 113 cm³/mol. The van der Waals surface area contributed by atoms with Gasteiger partial charge in [0.15, 0.2) is 5.75 Å². The van der Waals surface area contributed by atoms with Gasteiger partial charge in [-0.2, -0.15) is 0 Å². The Bertz CT molecular complexity index is 826. The number of ether oxygens (including phenoxy) is 1. The van der Waals surface area contributed by atoms with E-state index in [1.165, 1.54) is 19.2 Å². The zero-order chi connectivity index (χ0) is 19.6. The van der Waals surface area contributed by atoms with Gasteiger partial charge in [0.05, 0.1) is 27.9 Å². The molecule has 4 nitrogen and oxygen atoms in total. The number of hydrogen-bond acceptors (Lipinski definition) is 3. The van der Waals surface area contributed by atoms with Crippen molar-refractivity contribution < 1.29 is 9.53 Å². The van der Waals surface area contributed by atoms with Crippen LogP contribution in [0.25, 0.3) is 0 Å². The van der Waals surface area contributed by atoms with Crippen LogP contribution in [-0.4, -0.2) is 26.1 Å². The molecule has 2 aromatic carbocycles. The summed E-state index contributed by atoms with van der Waals surface area (Å²) < 4.78 is 5.10. The molecule has 1 amide bonds. The lowest BCUT2D eigenvalue weighted by Crippen LogP contribution is -2.32. The molecule has 0 aromatic heterocycles. The van der Waals surface area contributed by atoms with Crippen LogP contribution in [0.5, 0.6) is 5.75 Å². The van der Waals surface area contributed by atoms with E-state index >= 15 is 0 Å². The van der Waals surface area contributed by atoms with Crippen molar-refractivity contribution >= 4 is 52.1 Å². The summed E-state index contributed by atoms with van der Waals surface area (Å²) in [4.78, 5) is 14.8. The SMILES string of the molecule is COc1c(Cl)cc(C(=O)Nc2ccc(N3CCC(C)CC3)c(Cl)c2)cc1Cl. The number of carbonyl (C=O) groups is 1. The molecule has 0 saturated carbocycles. The van der Waals surface area contributed by atoms with E-state index in [1.807, 2.05) is 12.1 Å². The fourth-order valence-electron chi connectivity index (χ4n) is 3.18. The molecule has 0 bridgehead atoms. The van der Waals surface area contributed by atoms with Crippen LogP contribution in [0.4, 0.5) is 11.4 Å². The van der Waals surface area contributed by atoms with Crippen LogP contribution in [0.2, 0.25) is 15.1 Å². The second-order valence-corrected chi connectivity index (χ2v) is 7.98. The Balaban J connectivity index is 1.74. The van der Waals surface area contributed by atoms with Crippen LogP contribution in [0.1, 0.15) is 30.1 Å². The van der Waals surface area contributed by atoms with Crippen molar-refractivity contribution in [3.8, 4) is 5.75 Å². The Labute approximate surface area is 174 Å². The number of carbonyl (C=O) groups excluding carboxylic acids is 1. The molecule has 144 valence electrons. The van der Waals surface area contributed by atoms with Crippen molar-refractivity contribution in [3.05, 3.63) is 51.0 Å². The average molecular weight is 428 g/mol. The van der Waals surface area contributed by atoms with Gasteiger partial charge in [0.25, 0.3) is 5.91 Å². The summed E-state index contributed by atoms with van der Waals surface area (Å²) in [5.74, 6) is 0.775. The second kappa shape index (κ2) is 8.59. The number of methoxy groups -OCH3 is 1. The molecule has 1 N–H and O–H groups in total. The van der Waals surface area contributed by atoms with Gasteiger partial charge in [0.2, 0.25) is 0 Å². The van der Waals surface area contributed by atoms with Crippen LogP contribution in [-0.2, 0) is 0 Å². The number of nitrogens with one attached hydrogen (secondary N) is 1. The number of piperidine rings is 1. The summed E-state index contributed by atoms with van der Waals surface area (Å²) in [6.07, 6.45) is 2.32. The smallest absolute Gasteiger partial charge is 0.255 e. The van der Waals surface area contributed by atoms with E-state index < -0.39 is 0 Å². The lowest BCUT2D eigenvalue weighted by atomic mass is 9.99. The Morgan fingerprint density at radius 1 is 1.07 bits per heavy atom. The maximum atomic E-state index is 12.5. The number of benzene rings is 2. The molecule has 1 saturated heterocycles. The van der Waals surface area contributed by atoms with Crippen molar-refractivity contribution in [2.24, 2.45) is 5.92 Å². The Kier molecular flexibility index (Phi) is 6.40. The van der Waals surface area contributed by atoms with E-state index in [-0.39, 0.29) is 16.0 Å². The summed E-state index contributed by atoms with van der Waals surface area (Å²) in [5, 5.41) is 4.01. The Morgan fingerprint density at radius 2 is 1.70 bits per heavy atom. The second-order valence-electron chi connectivity index (χ2n) is 6.76. The van der Waals surface area contributed by atoms with Gasteiger partial charge in [-0.25, -0.2) is 0 Å². The van der Waals surface area contributed by atoms with E-state index in [1.54, 1.807) is 6.07 Å². The van der Waals surface area contributed by atoms with Gasteiger partial charge >= 0.3 is 0 Å². The van der Waals surface area contributed by atoms with Gasteiger partial charge in [0.1, 0.15) is 0 Å². The molecule has 2 aromatic rings. The molecule has 0 unspecified atom stereocenters. The van der Waals surface area contributed by atoms with Gasteiger partial charge in [-0.15, -0.1) is 0 Å². The highest BCUT2D eigenvalue weighted by Gasteiger charge is 2.19. The van der Waals surface area contributed by atoms with Gasteiger partial charge in [0, 0.05) is 24.3 Å². The fourth-order valence-corrected chi connectivity index (χ4v) is 4.12. The Morgan fingerprint density at radius 3 is 2.26 bits per heavy atom. The molecule has 7 heteroatoms. The van der Waals surface area contributed by atoms with Gasteiger partial charge in [-0.05, 0) is 49.1 Å². The predicted octanol–water partition coefficient (Wildman–Crippen LogP) is 6.14. The highest BCUT2D eigenvalue weighted by atomic mass is 35.5. The quantitative estimate of drug-likeness (QED) is 0.637. The van der Waals surface area contributed by atoms with Crippen LogP contribution >= 0.6 is 34.8 Å². The van der Waals surface area contributed by atoms with Crippen LogP contribution in [0, 0.1) is 5.92 Å². The third kappa shape index (κ3) is 4.63. The molecule has 1 heterocycles. The first-order chi connectivity index (χ1) is 12.9.